The summed E-state index contributed by atoms with van der Waals surface area (Å²) in [5, 5.41) is 5.53. The van der Waals surface area contributed by atoms with Crippen LogP contribution in [0.1, 0.15) is 25.5 Å². The van der Waals surface area contributed by atoms with Crippen LogP contribution in [0.15, 0.2) is 30.6 Å². The van der Waals surface area contributed by atoms with E-state index in [1.807, 2.05) is 35.0 Å². The fourth-order valence-electron chi connectivity index (χ4n) is 2.04. The number of aromatic nitrogens is 2. The lowest BCUT2D eigenvalue weighted by molar-refractivity contribution is -0.122. The minimum Gasteiger partial charge on any atom is -0.356 e. The molecule has 0 aromatic carbocycles. The summed E-state index contributed by atoms with van der Waals surface area (Å²) in [7, 11) is 0. The Hall–Kier alpha value is -2.37. The Morgan fingerprint density at radius 1 is 1.24 bits per heavy atom. The molecule has 21 heavy (non-hydrogen) atoms. The van der Waals surface area contributed by atoms with Crippen LogP contribution in [0.3, 0.4) is 0 Å². The highest BCUT2D eigenvalue weighted by Gasteiger charge is 2.03. The van der Waals surface area contributed by atoms with Crippen LogP contribution in [-0.2, 0) is 16.0 Å². The number of imidazole rings is 1. The monoisotopic (exact) mass is 288 g/mol. The lowest BCUT2D eigenvalue weighted by Crippen LogP contribution is -2.27. The van der Waals surface area contributed by atoms with Crippen molar-refractivity contribution in [1.82, 2.24) is 20.0 Å². The molecule has 2 amide bonds. The van der Waals surface area contributed by atoms with Crippen molar-refractivity contribution in [2.75, 3.05) is 13.1 Å². The van der Waals surface area contributed by atoms with Crippen LogP contribution >= 0.6 is 0 Å². The smallest absolute Gasteiger partial charge is 0.220 e. The molecule has 6 heteroatoms. The molecule has 0 aliphatic carbocycles. The van der Waals surface area contributed by atoms with Gasteiger partial charge >= 0.3 is 0 Å². The first-order valence-electron chi connectivity index (χ1n) is 7.09. The number of nitrogens with zero attached hydrogens (tertiary/aromatic N) is 2. The fourth-order valence-corrected chi connectivity index (χ4v) is 2.04. The van der Waals surface area contributed by atoms with Crippen LogP contribution in [0, 0.1) is 0 Å². The largest absolute Gasteiger partial charge is 0.356 e. The number of nitrogens with one attached hydrogen (secondary N) is 2. The second kappa shape index (κ2) is 7.42. The summed E-state index contributed by atoms with van der Waals surface area (Å²) in [4.78, 5) is 26.7. The Morgan fingerprint density at radius 2 is 2.10 bits per heavy atom. The van der Waals surface area contributed by atoms with Crippen LogP contribution in [0.2, 0.25) is 0 Å². The highest BCUT2D eigenvalue weighted by atomic mass is 16.2. The zero-order valence-electron chi connectivity index (χ0n) is 12.1. The summed E-state index contributed by atoms with van der Waals surface area (Å²) in [5.41, 5.74) is 1.87. The zero-order chi connectivity index (χ0) is 15.1. The first kappa shape index (κ1) is 15.0. The van der Waals surface area contributed by atoms with Gasteiger partial charge in [-0.2, -0.15) is 0 Å². The Bertz CT molecular complexity index is 588. The van der Waals surface area contributed by atoms with Crippen molar-refractivity contribution in [3.05, 3.63) is 36.3 Å². The van der Waals surface area contributed by atoms with Crippen molar-refractivity contribution in [2.45, 2.75) is 26.2 Å². The maximum Gasteiger partial charge on any atom is 0.220 e. The van der Waals surface area contributed by atoms with E-state index in [0.717, 1.165) is 11.3 Å². The van der Waals surface area contributed by atoms with Crippen molar-refractivity contribution in [3.8, 4) is 0 Å². The molecule has 0 bridgehead atoms. The molecule has 0 fully saturated rings. The van der Waals surface area contributed by atoms with Gasteiger partial charge in [-0.1, -0.05) is 6.07 Å². The van der Waals surface area contributed by atoms with Crippen LogP contribution in [0.25, 0.3) is 5.65 Å². The fraction of sp³-hybridized carbons (Fsp3) is 0.400. The maximum atomic E-state index is 11.6. The van der Waals surface area contributed by atoms with Crippen LogP contribution in [-0.4, -0.2) is 34.3 Å². The first-order chi connectivity index (χ1) is 10.1. The van der Waals surface area contributed by atoms with Gasteiger partial charge in [-0.15, -0.1) is 0 Å². The van der Waals surface area contributed by atoms with E-state index in [0.29, 0.717) is 32.4 Å². The zero-order valence-corrected chi connectivity index (χ0v) is 12.1. The van der Waals surface area contributed by atoms with Gasteiger partial charge in [-0.25, -0.2) is 4.98 Å². The first-order valence-corrected chi connectivity index (χ1v) is 7.09. The summed E-state index contributed by atoms with van der Waals surface area (Å²) < 4.78 is 1.96. The number of carbonyl (C=O) groups is 2. The molecule has 0 saturated carbocycles. The molecule has 0 spiro atoms. The third-order valence-electron chi connectivity index (χ3n) is 3.07. The number of carbonyl (C=O) groups excluding carboxylic acids is 2. The van der Waals surface area contributed by atoms with Gasteiger partial charge in [0.2, 0.25) is 11.8 Å². The molecule has 0 unspecified atom stereocenters. The SMILES string of the molecule is CC(=O)NCCCC(=O)NCCc1cn2ccccc2n1. The molecule has 112 valence electrons. The topological polar surface area (TPSA) is 75.5 Å². The summed E-state index contributed by atoms with van der Waals surface area (Å²) in [6.07, 6.45) is 5.70. The lowest BCUT2D eigenvalue weighted by atomic mass is 10.2. The van der Waals surface area contributed by atoms with Gasteiger partial charge in [0.1, 0.15) is 5.65 Å². The van der Waals surface area contributed by atoms with Gasteiger partial charge in [0, 0.05) is 45.2 Å². The van der Waals surface area contributed by atoms with Crippen molar-refractivity contribution >= 4 is 17.5 Å². The molecule has 0 aliphatic heterocycles. The average Bonchev–Trinajstić information content (AvgIpc) is 2.86. The minimum atomic E-state index is -0.0674. The average molecular weight is 288 g/mol. The van der Waals surface area contributed by atoms with Gasteiger partial charge in [-0.05, 0) is 18.6 Å². The molecule has 2 aromatic heterocycles. The van der Waals surface area contributed by atoms with Crippen molar-refractivity contribution in [2.24, 2.45) is 0 Å². The highest BCUT2D eigenvalue weighted by molar-refractivity contribution is 5.76. The molecule has 0 atom stereocenters. The summed E-state index contributed by atoms with van der Waals surface area (Å²) in [5.74, 6) is -0.0635. The molecule has 2 rings (SSSR count). The van der Waals surface area contributed by atoms with Crippen LogP contribution in [0.4, 0.5) is 0 Å². The predicted molar refractivity (Wildman–Crippen MR) is 79.8 cm³/mol. The molecule has 0 radical (unpaired) electrons. The maximum absolute atomic E-state index is 11.6. The van der Waals surface area contributed by atoms with Gasteiger partial charge in [0.25, 0.3) is 0 Å². The molecule has 2 N–H and O–H groups in total. The normalized spacial score (nSPS) is 10.5. The Balaban J connectivity index is 1.66. The summed E-state index contributed by atoms with van der Waals surface area (Å²) in [6.45, 7) is 2.58. The highest BCUT2D eigenvalue weighted by Crippen LogP contribution is 2.04. The third kappa shape index (κ3) is 4.91. The lowest BCUT2D eigenvalue weighted by Gasteiger charge is -2.04. The van der Waals surface area contributed by atoms with Crippen LogP contribution < -0.4 is 10.6 Å². The Labute approximate surface area is 123 Å². The molecule has 6 nitrogen and oxygen atoms in total. The van der Waals surface area contributed by atoms with E-state index in [9.17, 15) is 9.59 Å². The van der Waals surface area contributed by atoms with Gasteiger partial charge in [-0.3, -0.25) is 9.59 Å². The van der Waals surface area contributed by atoms with Crippen molar-refractivity contribution in [1.29, 1.82) is 0 Å². The van der Waals surface area contributed by atoms with E-state index < -0.39 is 0 Å². The quantitative estimate of drug-likeness (QED) is 0.744. The van der Waals surface area contributed by atoms with Crippen LogP contribution in [0.5, 0.6) is 0 Å². The number of hydrogen-bond acceptors (Lipinski definition) is 3. The minimum absolute atomic E-state index is 0.00381. The third-order valence-corrected chi connectivity index (χ3v) is 3.07. The molecule has 2 heterocycles. The van der Waals surface area contributed by atoms with Gasteiger partial charge < -0.3 is 15.0 Å². The summed E-state index contributed by atoms with van der Waals surface area (Å²) >= 11 is 0. The van der Waals surface area contributed by atoms with E-state index in [1.165, 1.54) is 6.92 Å². The second-order valence-electron chi connectivity index (χ2n) is 4.88. The van der Waals surface area contributed by atoms with Crippen molar-refractivity contribution in [3.63, 3.8) is 0 Å². The van der Waals surface area contributed by atoms with Gasteiger partial charge in [0.05, 0.1) is 5.69 Å². The van der Waals surface area contributed by atoms with E-state index in [-0.39, 0.29) is 11.8 Å². The number of amides is 2. The van der Waals surface area contributed by atoms with E-state index >= 15 is 0 Å². The van der Waals surface area contributed by atoms with Gasteiger partial charge in [0.15, 0.2) is 0 Å². The second-order valence-corrected chi connectivity index (χ2v) is 4.88. The molecule has 2 aromatic rings. The van der Waals surface area contributed by atoms with Crippen molar-refractivity contribution < 1.29 is 9.59 Å². The number of fused-ring (bicyclic) bond motifs is 1. The molecular weight excluding hydrogens is 268 g/mol. The number of hydrogen-bond donors (Lipinski definition) is 2. The molecular formula is C15H20N4O2. The summed E-state index contributed by atoms with van der Waals surface area (Å²) in [6, 6.07) is 5.85. The van der Waals surface area contributed by atoms with E-state index in [2.05, 4.69) is 15.6 Å². The number of rotatable bonds is 7. The van der Waals surface area contributed by atoms with E-state index in [4.69, 9.17) is 0 Å². The number of pyridine rings is 1. The molecule has 0 aliphatic rings. The van der Waals surface area contributed by atoms with E-state index in [1.54, 1.807) is 0 Å². The Morgan fingerprint density at radius 3 is 2.86 bits per heavy atom. The molecule has 0 saturated heterocycles. The standard InChI is InChI=1S/C15H20N4O2/c1-12(20)16-8-4-6-15(21)17-9-7-13-11-19-10-3-2-5-14(19)18-13/h2-3,5,10-11H,4,6-9H2,1H3,(H,16,20)(H,17,21). The Kier molecular flexibility index (Phi) is 5.31. The predicted octanol–water partition coefficient (Wildman–Crippen LogP) is 0.909.